The summed E-state index contributed by atoms with van der Waals surface area (Å²) in [5, 5.41) is 12.1. The van der Waals surface area contributed by atoms with Gasteiger partial charge in [-0.3, -0.25) is 0 Å². The Hall–Kier alpha value is -3.95. The predicted octanol–water partition coefficient (Wildman–Crippen LogP) is 5.12. The van der Waals surface area contributed by atoms with Crippen LogP contribution >= 0.6 is 0 Å². The van der Waals surface area contributed by atoms with Crippen LogP contribution in [0.1, 0.15) is 12.5 Å². The number of anilines is 1. The number of aliphatic carboxylic acids is 1. The van der Waals surface area contributed by atoms with Crippen molar-refractivity contribution in [2.75, 3.05) is 12.4 Å². The van der Waals surface area contributed by atoms with E-state index >= 15 is 0 Å². The van der Waals surface area contributed by atoms with Crippen LogP contribution in [0.25, 0.3) is 11.1 Å². The van der Waals surface area contributed by atoms with Crippen molar-refractivity contribution in [2.45, 2.75) is 25.9 Å². The Kier molecular flexibility index (Phi) is 7.27. The fourth-order valence-corrected chi connectivity index (χ4v) is 2.90. The normalized spacial score (nSPS) is 12.0. The third kappa shape index (κ3) is 6.76. The summed E-state index contributed by atoms with van der Waals surface area (Å²) in [6.45, 7) is 1.66. The first-order chi connectivity index (χ1) is 15.6. The molecular formula is C23H21F3N2O5. The second-order valence-corrected chi connectivity index (χ2v) is 6.94. The highest BCUT2D eigenvalue weighted by Gasteiger charge is 2.31. The number of benzene rings is 2. The van der Waals surface area contributed by atoms with Crippen LogP contribution in [0.4, 0.5) is 19.0 Å². The van der Waals surface area contributed by atoms with Crippen LogP contribution in [0.3, 0.4) is 0 Å². The van der Waals surface area contributed by atoms with Gasteiger partial charge in [-0.25, -0.2) is 9.78 Å². The number of aromatic nitrogens is 1. The first kappa shape index (κ1) is 23.7. The molecule has 1 heterocycles. The van der Waals surface area contributed by atoms with Gasteiger partial charge in [0.15, 0.2) is 17.6 Å². The Morgan fingerprint density at radius 3 is 2.48 bits per heavy atom. The van der Waals surface area contributed by atoms with Crippen LogP contribution in [0.2, 0.25) is 0 Å². The Balaban J connectivity index is 1.69. The van der Waals surface area contributed by atoms with Gasteiger partial charge in [0.25, 0.3) is 0 Å². The van der Waals surface area contributed by atoms with Crippen LogP contribution in [-0.4, -0.2) is 35.6 Å². The maximum Gasteiger partial charge on any atom is 0.573 e. The molecule has 2 N–H and O–H groups in total. The summed E-state index contributed by atoms with van der Waals surface area (Å²) in [4.78, 5) is 15.4. The first-order valence-electron chi connectivity index (χ1n) is 9.77. The van der Waals surface area contributed by atoms with E-state index in [-0.39, 0.29) is 18.0 Å². The zero-order chi connectivity index (χ0) is 24.0. The van der Waals surface area contributed by atoms with E-state index in [1.807, 2.05) is 0 Å². The van der Waals surface area contributed by atoms with Crippen molar-refractivity contribution in [1.29, 1.82) is 0 Å². The lowest BCUT2D eigenvalue weighted by Gasteiger charge is -2.15. The number of ether oxygens (including phenoxy) is 3. The second-order valence-electron chi connectivity index (χ2n) is 6.94. The largest absolute Gasteiger partial charge is 0.573 e. The number of nitrogens with zero attached hydrogens (tertiary/aromatic N) is 1. The molecule has 0 spiro atoms. The average Bonchev–Trinajstić information content (AvgIpc) is 2.77. The monoisotopic (exact) mass is 462 g/mol. The summed E-state index contributed by atoms with van der Waals surface area (Å²) in [5.41, 5.74) is 2.07. The molecule has 1 aromatic heterocycles. The van der Waals surface area contributed by atoms with Crippen molar-refractivity contribution in [1.82, 2.24) is 4.98 Å². The highest BCUT2D eigenvalue weighted by Crippen LogP contribution is 2.33. The van der Waals surface area contributed by atoms with Crippen molar-refractivity contribution < 1.29 is 37.3 Å². The van der Waals surface area contributed by atoms with Gasteiger partial charge in [-0.2, -0.15) is 0 Å². The minimum absolute atomic E-state index is 0.245. The number of methoxy groups -OCH3 is 1. The summed E-state index contributed by atoms with van der Waals surface area (Å²) in [6.07, 6.45) is -4.20. The Labute approximate surface area is 187 Å². The number of hydrogen-bond donors (Lipinski definition) is 2. The van der Waals surface area contributed by atoms with Gasteiger partial charge in [0.1, 0.15) is 11.6 Å². The van der Waals surface area contributed by atoms with Gasteiger partial charge in [0.05, 0.1) is 7.11 Å². The van der Waals surface area contributed by atoms with Crippen molar-refractivity contribution >= 4 is 11.8 Å². The highest BCUT2D eigenvalue weighted by atomic mass is 19.4. The van der Waals surface area contributed by atoms with Crippen LogP contribution in [0.5, 0.6) is 17.2 Å². The number of carbonyl (C=O) groups is 1. The lowest BCUT2D eigenvalue weighted by molar-refractivity contribution is -0.274. The molecule has 0 fully saturated rings. The molecule has 2 aromatic carbocycles. The van der Waals surface area contributed by atoms with E-state index in [0.29, 0.717) is 17.1 Å². The molecule has 174 valence electrons. The quantitative estimate of drug-likeness (QED) is 0.456. The van der Waals surface area contributed by atoms with Gasteiger partial charge in [-0.05, 0) is 54.4 Å². The van der Waals surface area contributed by atoms with E-state index in [2.05, 4.69) is 15.0 Å². The smallest absolute Gasteiger partial charge is 0.493 e. The summed E-state index contributed by atoms with van der Waals surface area (Å²) in [6, 6.07) is 14.3. The number of alkyl halides is 3. The Morgan fingerprint density at radius 2 is 1.85 bits per heavy atom. The molecule has 7 nitrogen and oxygen atoms in total. The molecular weight excluding hydrogens is 441 g/mol. The fourth-order valence-electron chi connectivity index (χ4n) is 2.90. The van der Waals surface area contributed by atoms with E-state index in [1.165, 1.54) is 32.2 Å². The summed E-state index contributed by atoms with van der Waals surface area (Å²) in [7, 11) is 1.46. The second kappa shape index (κ2) is 10.1. The van der Waals surface area contributed by atoms with Crippen LogP contribution in [-0.2, 0) is 11.3 Å². The SMILES string of the molecule is COc1ccc(-c2ccc(NCc3cccc(OC(F)(F)F)c3)nc2)cc1OC(C)C(=O)O. The number of carboxylic acid groups (broad SMARTS) is 1. The van der Waals surface area contributed by atoms with Crippen LogP contribution < -0.4 is 19.5 Å². The summed E-state index contributed by atoms with van der Waals surface area (Å²) < 4.78 is 51.8. The maximum absolute atomic E-state index is 12.4. The standard InChI is InChI=1S/C23H21F3N2O5/c1-14(22(29)30)32-20-11-16(6-8-19(20)31-2)17-7-9-21(28-13-17)27-12-15-4-3-5-18(10-15)33-23(24,25)26/h3-11,13-14H,12H2,1-2H3,(H,27,28)(H,29,30). The molecule has 3 rings (SSSR count). The molecule has 0 saturated heterocycles. The molecule has 0 radical (unpaired) electrons. The van der Waals surface area contributed by atoms with Crippen molar-refractivity contribution in [2.24, 2.45) is 0 Å². The third-order valence-corrected chi connectivity index (χ3v) is 4.52. The Morgan fingerprint density at radius 1 is 1.09 bits per heavy atom. The summed E-state index contributed by atoms with van der Waals surface area (Å²) in [5.74, 6) is -0.192. The molecule has 0 aliphatic rings. The van der Waals surface area contributed by atoms with E-state index in [9.17, 15) is 18.0 Å². The van der Waals surface area contributed by atoms with Crippen LogP contribution in [0.15, 0.2) is 60.8 Å². The van der Waals surface area contributed by atoms with Crippen molar-refractivity contribution in [3.05, 3.63) is 66.4 Å². The van der Waals surface area contributed by atoms with Gasteiger partial charge in [-0.15, -0.1) is 13.2 Å². The minimum atomic E-state index is -4.75. The van der Waals surface area contributed by atoms with Crippen molar-refractivity contribution in [3.8, 4) is 28.4 Å². The number of nitrogens with one attached hydrogen (secondary N) is 1. The lowest BCUT2D eigenvalue weighted by atomic mass is 10.1. The molecule has 0 aliphatic heterocycles. The fraction of sp³-hybridized carbons (Fsp3) is 0.217. The Bertz CT molecular complexity index is 1100. The highest BCUT2D eigenvalue weighted by molar-refractivity contribution is 5.73. The van der Waals surface area contributed by atoms with Gasteiger partial charge >= 0.3 is 12.3 Å². The third-order valence-electron chi connectivity index (χ3n) is 4.52. The number of rotatable bonds is 9. The molecule has 10 heteroatoms. The van der Waals surface area contributed by atoms with E-state index in [4.69, 9.17) is 14.6 Å². The number of carboxylic acids is 1. The van der Waals surface area contributed by atoms with E-state index in [0.717, 1.165) is 11.1 Å². The number of hydrogen-bond acceptors (Lipinski definition) is 6. The number of halogens is 3. The molecule has 33 heavy (non-hydrogen) atoms. The molecule has 0 aliphatic carbocycles. The van der Waals surface area contributed by atoms with E-state index in [1.54, 1.807) is 42.6 Å². The zero-order valence-electron chi connectivity index (χ0n) is 17.7. The maximum atomic E-state index is 12.4. The molecule has 1 atom stereocenters. The minimum Gasteiger partial charge on any atom is -0.493 e. The molecule has 0 saturated carbocycles. The number of pyridine rings is 1. The van der Waals surface area contributed by atoms with Crippen molar-refractivity contribution in [3.63, 3.8) is 0 Å². The first-order valence-corrected chi connectivity index (χ1v) is 9.77. The lowest BCUT2D eigenvalue weighted by Crippen LogP contribution is -2.23. The van der Waals surface area contributed by atoms with Gasteiger partial charge in [0, 0.05) is 18.3 Å². The molecule has 0 bridgehead atoms. The molecule has 0 amide bonds. The van der Waals surface area contributed by atoms with Crippen LogP contribution in [0, 0.1) is 0 Å². The van der Waals surface area contributed by atoms with E-state index < -0.39 is 18.4 Å². The summed E-state index contributed by atoms with van der Waals surface area (Å²) >= 11 is 0. The average molecular weight is 462 g/mol. The zero-order valence-corrected chi connectivity index (χ0v) is 17.7. The van der Waals surface area contributed by atoms with Gasteiger partial charge < -0.3 is 24.6 Å². The van der Waals surface area contributed by atoms with Gasteiger partial charge in [0.2, 0.25) is 0 Å². The van der Waals surface area contributed by atoms with Gasteiger partial charge in [-0.1, -0.05) is 18.2 Å². The molecule has 3 aromatic rings. The predicted molar refractivity (Wildman–Crippen MR) is 114 cm³/mol. The topological polar surface area (TPSA) is 89.9 Å². The molecule has 1 unspecified atom stereocenters.